The summed E-state index contributed by atoms with van der Waals surface area (Å²) in [6.45, 7) is 6.07. The molecule has 0 aliphatic rings. The number of rotatable bonds is 9. The highest BCUT2D eigenvalue weighted by molar-refractivity contribution is 5.94. The Bertz CT molecular complexity index is 393. The van der Waals surface area contributed by atoms with Gasteiger partial charge >= 0.3 is 0 Å². The standard InChI is InChI=1S/C15H25N3O2/c1-3-5-9-18(10-11-19)15(20)13-6-7-14(17-12-13)16-8-4-2/h6-7,12,19H,3-5,8-11H2,1-2H3,(H,16,17). The second kappa shape index (κ2) is 9.31. The lowest BCUT2D eigenvalue weighted by atomic mass is 10.2. The van der Waals surface area contributed by atoms with Crippen molar-refractivity contribution in [3.63, 3.8) is 0 Å². The molecule has 5 nitrogen and oxygen atoms in total. The lowest BCUT2D eigenvalue weighted by Gasteiger charge is -2.21. The van der Waals surface area contributed by atoms with Gasteiger partial charge in [0.15, 0.2) is 0 Å². The van der Waals surface area contributed by atoms with Gasteiger partial charge in [-0.3, -0.25) is 4.79 Å². The normalized spacial score (nSPS) is 10.3. The van der Waals surface area contributed by atoms with Crippen LogP contribution in [0.5, 0.6) is 0 Å². The second-order valence-corrected chi connectivity index (χ2v) is 4.73. The summed E-state index contributed by atoms with van der Waals surface area (Å²) in [4.78, 5) is 18.2. The Morgan fingerprint density at radius 3 is 2.65 bits per heavy atom. The van der Waals surface area contributed by atoms with Crippen molar-refractivity contribution in [1.29, 1.82) is 0 Å². The van der Waals surface area contributed by atoms with Crippen LogP contribution in [0.2, 0.25) is 0 Å². The molecule has 1 aromatic heterocycles. The van der Waals surface area contributed by atoms with Crippen molar-refractivity contribution in [2.75, 3.05) is 31.6 Å². The third-order valence-electron chi connectivity index (χ3n) is 3.01. The van der Waals surface area contributed by atoms with Gasteiger partial charge in [-0.2, -0.15) is 0 Å². The van der Waals surface area contributed by atoms with Crippen molar-refractivity contribution in [3.8, 4) is 0 Å². The van der Waals surface area contributed by atoms with E-state index in [2.05, 4.69) is 24.1 Å². The number of anilines is 1. The van der Waals surface area contributed by atoms with Crippen LogP contribution in [0.4, 0.5) is 5.82 Å². The van der Waals surface area contributed by atoms with E-state index >= 15 is 0 Å². The van der Waals surface area contributed by atoms with Crippen LogP contribution in [0.3, 0.4) is 0 Å². The molecular weight excluding hydrogens is 254 g/mol. The quantitative estimate of drug-likeness (QED) is 0.727. The molecule has 20 heavy (non-hydrogen) atoms. The maximum Gasteiger partial charge on any atom is 0.255 e. The minimum absolute atomic E-state index is 0.0149. The summed E-state index contributed by atoms with van der Waals surface area (Å²) < 4.78 is 0. The Hall–Kier alpha value is -1.62. The number of aliphatic hydroxyl groups excluding tert-OH is 1. The van der Waals surface area contributed by atoms with E-state index in [-0.39, 0.29) is 12.5 Å². The number of hydrogen-bond donors (Lipinski definition) is 2. The topological polar surface area (TPSA) is 65.5 Å². The summed E-state index contributed by atoms with van der Waals surface area (Å²) in [5.74, 6) is 0.715. The molecule has 0 spiro atoms. The maximum atomic E-state index is 12.3. The van der Waals surface area contributed by atoms with E-state index in [9.17, 15) is 4.79 Å². The zero-order valence-corrected chi connectivity index (χ0v) is 12.4. The molecule has 2 N–H and O–H groups in total. The van der Waals surface area contributed by atoms with Crippen LogP contribution in [0, 0.1) is 0 Å². The Balaban J connectivity index is 2.67. The summed E-state index contributed by atoms with van der Waals surface area (Å²) in [6.07, 6.45) is 4.59. The van der Waals surface area contributed by atoms with Gasteiger partial charge in [0.25, 0.3) is 5.91 Å². The number of nitrogens with zero attached hydrogens (tertiary/aromatic N) is 2. The molecule has 0 bridgehead atoms. The van der Waals surface area contributed by atoms with Crippen molar-refractivity contribution in [2.24, 2.45) is 0 Å². The highest BCUT2D eigenvalue weighted by Crippen LogP contribution is 2.09. The molecule has 1 amide bonds. The van der Waals surface area contributed by atoms with E-state index in [0.29, 0.717) is 18.7 Å². The first-order valence-corrected chi connectivity index (χ1v) is 7.33. The Labute approximate surface area is 121 Å². The highest BCUT2D eigenvalue weighted by Gasteiger charge is 2.15. The number of unbranched alkanes of at least 4 members (excludes halogenated alkanes) is 1. The third-order valence-corrected chi connectivity index (χ3v) is 3.01. The number of nitrogens with one attached hydrogen (secondary N) is 1. The minimum atomic E-state index is -0.0676. The monoisotopic (exact) mass is 279 g/mol. The molecule has 0 saturated carbocycles. The number of aromatic nitrogens is 1. The first-order chi connectivity index (χ1) is 9.72. The number of carbonyl (C=O) groups is 1. The third kappa shape index (κ3) is 5.17. The van der Waals surface area contributed by atoms with Gasteiger partial charge in [0.1, 0.15) is 5.82 Å². The van der Waals surface area contributed by atoms with Gasteiger partial charge < -0.3 is 15.3 Å². The number of pyridine rings is 1. The molecule has 5 heteroatoms. The molecule has 0 aromatic carbocycles. The highest BCUT2D eigenvalue weighted by atomic mass is 16.3. The van der Waals surface area contributed by atoms with E-state index in [4.69, 9.17) is 5.11 Å². The van der Waals surface area contributed by atoms with E-state index in [1.807, 2.05) is 6.07 Å². The predicted octanol–water partition coefficient (Wildman–Crippen LogP) is 2.14. The van der Waals surface area contributed by atoms with Crippen molar-refractivity contribution < 1.29 is 9.90 Å². The molecule has 112 valence electrons. The van der Waals surface area contributed by atoms with Crippen molar-refractivity contribution >= 4 is 11.7 Å². The molecule has 0 saturated heterocycles. The fourth-order valence-corrected chi connectivity index (χ4v) is 1.85. The van der Waals surface area contributed by atoms with Gasteiger partial charge in [-0.15, -0.1) is 0 Å². The van der Waals surface area contributed by atoms with Crippen molar-refractivity contribution in [3.05, 3.63) is 23.9 Å². The molecule has 0 radical (unpaired) electrons. The van der Waals surface area contributed by atoms with E-state index in [0.717, 1.165) is 31.6 Å². The van der Waals surface area contributed by atoms with Crippen LogP contribution in [-0.4, -0.2) is 47.1 Å². The summed E-state index contributed by atoms with van der Waals surface area (Å²) in [5.41, 5.74) is 0.566. The van der Waals surface area contributed by atoms with Gasteiger partial charge in [-0.25, -0.2) is 4.98 Å². The molecule has 1 aromatic rings. The van der Waals surface area contributed by atoms with Crippen LogP contribution in [0.15, 0.2) is 18.3 Å². The van der Waals surface area contributed by atoms with Gasteiger partial charge in [0.2, 0.25) is 0 Å². The Morgan fingerprint density at radius 1 is 1.30 bits per heavy atom. The van der Waals surface area contributed by atoms with E-state index in [1.54, 1.807) is 17.2 Å². The summed E-state index contributed by atoms with van der Waals surface area (Å²) in [5, 5.41) is 12.2. The lowest BCUT2D eigenvalue weighted by molar-refractivity contribution is 0.0719. The maximum absolute atomic E-state index is 12.3. The second-order valence-electron chi connectivity index (χ2n) is 4.73. The van der Waals surface area contributed by atoms with Crippen molar-refractivity contribution in [2.45, 2.75) is 33.1 Å². The predicted molar refractivity (Wildman–Crippen MR) is 80.9 cm³/mol. The smallest absolute Gasteiger partial charge is 0.255 e. The summed E-state index contributed by atoms with van der Waals surface area (Å²) in [7, 11) is 0. The van der Waals surface area contributed by atoms with Crippen molar-refractivity contribution in [1.82, 2.24) is 9.88 Å². The molecular formula is C15H25N3O2. The minimum Gasteiger partial charge on any atom is -0.395 e. The summed E-state index contributed by atoms with van der Waals surface area (Å²) in [6, 6.07) is 3.60. The van der Waals surface area contributed by atoms with E-state index < -0.39 is 0 Å². The fraction of sp³-hybridized carbons (Fsp3) is 0.600. The summed E-state index contributed by atoms with van der Waals surface area (Å²) >= 11 is 0. The molecule has 0 fully saturated rings. The van der Waals surface area contributed by atoms with E-state index in [1.165, 1.54) is 0 Å². The molecule has 1 rings (SSSR count). The largest absolute Gasteiger partial charge is 0.395 e. The van der Waals surface area contributed by atoms with Crippen LogP contribution in [0.1, 0.15) is 43.5 Å². The molecule has 0 aliphatic heterocycles. The van der Waals surface area contributed by atoms with Gasteiger partial charge in [0, 0.05) is 25.8 Å². The Kier molecular flexibility index (Phi) is 7.65. The zero-order valence-electron chi connectivity index (χ0n) is 12.4. The average Bonchev–Trinajstić information content (AvgIpc) is 2.49. The number of carbonyl (C=O) groups excluding carboxylic acids is 1. The van der Waals surface area contributed by atoms with Gasteiger partial charge in [-0.1, -0.05) is 20.3 Å². The molecule has 0 atom stereocenters. The van der Waals surface area contributed by atoms with Crippen LogP contribution >= 0.6 is 0 Å². The van der Waals surface area contributed by atoms with Crippen LogP contribution in [0.25, 0.3) is 0 Å². The number of hydrogen-bond acceptors (Lipinski definition) is 4. The molecule has 0 unspecified atom stereocenters. The van der Waals surface area contributed by atoms with Crippen LogP contribution in [-0.2, 0) is 0 Å². The average molecular weight is 279 g/mol. The molecule has 0 aliphatic carbocycles. The van der Waals surface area contributed by atoms with Gasteiger partial charge in [0.05, 0.1) is 12.2 Å². The SMILES string of the molecule is CCCCN(CCO)C(=O)c1ccc(NCCC)nc1. The Morgan fingerprint density at radius 2 is 2.10 bits per heavy atom. The van der Waals surface area contributed by atoms with Gasteiger partial charge in [-0.05, 0) is 25.0 Å². The number of aliphatic hydroxyl groups is 1. The molecule has 1 heterocycles. The zero-order chi connectivity index (χ0) is 14.8. The number of amides is 1. The lowest BCUT2D eigenvalue weighted by Crippen LogP contribution is -2.34. The first kappa shape index (κ1) is 16.4. The van der Waals surface area contributed by atoms with Crippen LogP contribution < -0.4 is 5.32 Å². The fourth-order valence-electron chi connectivity index (χ4n) is 1.85. The first-order valence-electron chi connectivity index (χ1n) is 7.33.